The van der Waals surface area contributed by atoms with Crippen LogP contribution < -0.4 is 0 Å². The summed E-state index contributed by atoms with van der Waals surface area (Å²) < 4.78 is 22.4. The monoisotopic (exact) mass is 220 g/mol. The van der Waals surface area contributed by atoms with E-state index in [2.05, 4.69) is 6.92 Å². The van der Waals surface area contributed by atoms with Gasteiger partial charge in [-0.2, -0.15) is 0 Å². The van der Waals surface area contributed by atoms with E-state index in [1.807, 2.05) is 6.92 Å². The van der Waals surface area contributed by atoms with Gasteiger partial charge in [-0.1, -0.05) is 13.8 Å². The average molecular weight is 220 g/mol. The molecule has 0 aromatic heterocycles. The van der Waals surface area contributed by atoms with Gasteiger partial charge in [0, 0.05) is 28.2 Å². The molecule has 0 bridgehead atoms. The molecule has 3 nitrogen and oxygen atoms in total. The van der Waals surface area contributed by atoms with Crippen LogP contribution in [0.15, 0.2) is 0 Å². The molecule has 0 N–H and O–H groups in total. The lowest BCUT2D eigenvalue weighted by atomic mass is 10.4. The van der Waals surface area contributed by atoms with Crippen LogP contribution in [0.3, 0.4) is 0 Å². The van der Waals surface area contributed by atoms with Crippen molar-refractivity contribution in [1.29, 1.82) is 0 Å². The minimum Gasteiger partial charge on any atom is -0.353 e. The molecule has 1 heterocycles. The molecule has 0 spiro atoms. The highest BCUT2D eigenvalue weighted by atomic mass is 32.2. The molecule has 0 saturated carbocycles. The van der Waals surface area contributed by atoms with Crippen LogP contribution in [-0.4, -0.2) is 34.7 Å². The van der Waals surface area contributed by atoms with Gasteiger partial charge in [0.2, 0.25) is 0 Å². The maximum atomic E-state index is 11.6. The normalized spacial score (nSPS) is 23.3. The van der Waals surface area contributed by atoms with E-state index >= 15 is 0 Å². The van der Waals surface area contributed by atoms with Crippen LogP contribution in [0.4, 0.5) is 0 Å². The minimum absolute atomic E-state index is 0.114. The molecular weight excluding hydrogens is 200 g/mol. The molecule has 1 fully saturated rings. The maximum Gasteiger partial charge on any atom is 0.158 e. The molecule has 0 aromatic carbocycles. The largest absolute Gasteiger partial charge is 0.353 e. The summed E-state index contributed by atoms with van der Waals surface area (Å²) in [6.45, 7) is 5.65. The summed E-state index contributed by atoms with van der Waals surface area (Å²) >= 11 is 0. The Kier molecular flexibility index (Phi) is 5.67. The van der Waals surface area contributed by atoms with Crippen molar-refractivity contribution in [2.24, 2.45) is 0 Å². The first kappa shape index (κ1) is 12.1. The van der Waals surface area contributed by atoms with Crippen LogP contribution in [0.25, 0.3) is 0 Å². The fourth-order valence-corrected chi connectivity index (χ4v) is 2.50. The third kappa shape index (κ3) is 4.07. The van der Waals surface area contributed by atoms with Gasteiger partial charge in [0.15, 0.2) is 6.29 Å². The van der Waals surface area contributed by atoms with Crippen molar-refractivity contribution in [2.45, 2.75) is 44.6 Å². The third-order valence-corrected chi connectivity index (χ3v) is 4.34. The number of rotatable bonds is 5. The lowest BCUT2D eigenvalue weighted by molar-refractivity contribution is -0.178. The van der Waals surface area contributed by atoms with Gasteiger partial charge in [-0.15, -0.1) is 0 Å². The minimum atomic E-state index is -0.726. The molecule has 0 amide bonds. The molecule has 0 aromatic rings. The summed E-state index contributed by atoms with van der Waals surface area (Å²) in [7, 11) is -0.726. The third-order valence-electron chi connectivity index (χ3n) is 2.47. The van der Waals surface area contributed by atoms with Gasteiger partial charge >= 0.3 is 0 Å². The van der Waals surface area contributed by atoms with Crippen molar-refractivity contribution < 1.29 is 13.7 Å². The van der Waals surface area contributed by atoms with E-state index in [4.69, 9.17) is 9.47 Å². The van der Waals surface area contributed by atoms with Crippen LogP contribution in [0, 0.1) is 0 Å². The van der Waals surface area contributed by atoms with Crippen molar-refractivity contribution in [3.05, 3.63) is 0 Å². The van der Waals surface area contributed by atoms with E-state index in [0.717, 1.165) is 32.5 Å². The van der Waals surface area contributed by atoms with Gasteiger partial charge in [-0.25, -0.2) is 0 Å². The van der Waals surface area contributed by atoms with Crippen LogP contribution in [0.2, 0.25) is 0 Å². The second-order valence-corrected chi connectivity index (χ2v) is 5.59. The smallest absolute Gasteiger partial charge is 0.158 e. The first-order chi connectivity index (χ1) is 6.74. The van der Waals surface area contributed by atoms with Gasteiger partial charge in [-0.05, 0) is 12.8 Å². The molecular formula is C10H20O3S. The average Bonchev–Trinajstić information content (AvgIpc) is 2.26. The van der Waals surface area contributed by atoms with Gasteiger partial charge < -0.3 is 9.47 Å². The van der Waals surface area contributed by atoms with Gasteiger partial charge in [-0.3, -0.25) is 4.21 Å². The summed E-state index contributed by atoms with van der Waals surface area (Å²) in [4.78, 5) is 0. The Bertz CT molecular complexity index is 178. The number of ether oxygens (including phenoxy) is 2. The Morgan fingerprint density at radius 1 is 1.43 bits per heavy atom. The molecule has 14 heavy (non-hydrogen) atoms. The predicted octanol–water partition coefficient (Wildman–Crippen LogP) is 1.69. The highest BCUT2D eigenvalue weighted by Crippen LogP contribution is 2.11. The Hall–Kier alpha value is 0.0700. The molecule has 4 heteroatoms. The van der Waals surface area contributed by atoms with E-state index in [-0.39, 0.29) is 6.29 Å². The summed E-state index contributed by atoms with van der Waals surface area (Å²) in [5.41, 5.74) is 0. The second kappa shape index (κ2) is 6.53. The molecule has 0 aliphatic carbocycles. The Morgan fingerprint density at radius 3 is 2.64 bits per heavy atom. The number of hydrogen-bond donors (Lipinski definition) is 0. The molecule has 1 saturated heterocycles. The number of hydrogen-bond acceptors (Lipinski definition) is 3. The second-order valence-electron chi connectivity index (χ2n) is 3.62. The van der Waals surface area contributed by atoms with E-state index in [1.165, 1.54) is 0 Å². The van der Waals surface area contributed by atoms with E-state index < -0.39 is 10.8 Å². The lowest BCUT2D eigenvalue weighted by Crippen LogP contribution is -2.27. The highest BCUT2D eigenvalue weighted by Gasteiger charge is 2.16. The maximum absolute atomic E-state index is 11.6. The first-order valence-corrected chi connectivity index (χ1v) is 6.72. The standard InChI is InChI=1S/C10H20O3S/c1-3-9(2)14(11)8-5-10-12-6-4-7-13-10/h9-10H,3-8H2,1-2H3. The van der Waals surface area contributed by atoms with E-state index in [1.54, 1.807) is 0 Å². The van der Waals surface area contributed by atoms with Crippen molar-refractivity contribution in [3.8, 4) is 0 Å². The molecule has 1 rings (SSSR count). The Labute approximate surface area is 88.6 Å². The van der Waals surface area contributed by atoms with Gasteiger partial charge in [0.25, 0.3) is 0 Å². The van der Waals surface area contributed by atoms with Gasteiger partial charge in [0.1, 0.15) is 0 Å². The lowest BCUT2D eigenvalue weighted by Gasteiger charge is -2.23. The van der Waals surface area contributed by atoms with Gasteiger partial charge in [0.05, 0.1) is 13.2 Å². The quantitative estimate of drug-likeness (QED) is 0.707. The zero-order valence-corrected chi connectivity index (χ0v) is 9.85. The summed E-state index contributed by atoms with van der Waals surface area (Å²) in [6, 6.07) is 0. The molecule has 1 aliphatic rings. The summed E-state index contributed by atoms with van der Waals surface area (Å²) in [5, 5.41) is 0.290. The SMILES string of the molecule is CCC(C)S(=O)CCC1OCCCO1. The van der Waals surface area contributed by atoms with Crippen molar-refractivity contribution in [3.63, 3.8) is 0 Å². The zero-order chi connectivity index (χ0) is 10.4. The fourth-order valence-electron chi connectivity index (χ4n) is 1.30. The van der Waals surface area contributed by atoms with E-state index in [9.17, 15) is 4.21 Å². The Morgan fingerprint density at radius 2 is 2.07 bits per heavy atom. The van der Waals surface area contributed by atoms with Crippen LogP contribution in [-0.2, 0) is 20.3 Å². The highest BCUT2D eigenvalue weighted by molar-refractivity contribution is 7.85. The summed E-state index contributed by atoms with van der Waals surface area (Å²) in [5.74, 6) is 0.694. The molecule has 84 valence electrons. The first-order valence-electron chi connectivity index (χ1n) is 5.34. The zero-order valence-electron chi connectivity index (χ0n) is 9.03. The van der Waals surface area contributed by atoms with Crippen LogP contribution in [0.5, 0.6) is 0 Å². The van der Waals surface area contributed by atoms with Crippen LogP contribution in [0.1, 0.15) is 33.1 Å². The van der Waals surface area contributed by atoms with Crippen LogP contribution >= 0.6 is 0 Å². The topological polar surface area (TPSA) is 35.5 Å². The molecule has 2 unspecified atom stereocenters. The van der Waals surface area contributed by atoms with Crippen molar-refractivity contribution in [1.82, 2.24) is 0 Å². The molecule has 1 aliphatic heterocycles. The molecule has 0 radical (unpaired) electrons. The van der Waals surface area contributed by atoms with Crippen molar-refractivity contribution in [2.75, 3.05) is 19.0 Å². The van der Waals surface area contributed by atoms with E-state index in [0.29, 0.717) is 11.0 Å². The van der Waals surface area contributed by atoms with Crippen molar-refractivity contribution >= 4 is 10.8 Å². The predicted molar refractivity (Wildman–Crippen MR) is 57.7 cm³/mol. The molecule has 2 atom stereocenters. The Balaban J connectivity index is 2.15. The fraction of sp³-hybridized carbons (Fsp3) is 1.00. The summed E-state index contributed by atoms with van der Waals surface area (Å²) in [6.07, 6.45) is 2.60.